The lowest BCUT2D eigenvalue weighted by Crippen LogP contribution is -2.32. The fraction of sp³-hybridized carbons (Fsp3) is 0.778. The normalized spacial score (nSPS) is 11.9. The summed E-state index contributed by atoms with van der Waals surface area (Å²) in [6.07, 6.45) is 1.84. The van der Waals surface area contributed by atoms with Gasteiger partial charge >= 0.3 is 0 Å². The Kier molecular flexibility index (Phi) is 7.23. The Morgan fingerprint density at radius 3 is 2.73 bits per heavy atom. The van der Waals surface area contributed by atoms with Crippen LogP contribution in [0.1, 0.15) is 26.7 Å². The molecule has 0 bridgehead atoms. The topological polar surface area (TPSA) is 32.3 Å². The van der Waals surface area contributed by atoms with Crippen molar-refractivity contribution in [1.29, 1.82) is 0 Å². The molecule has 2 N–H and O–H groups in total. The maximum atomic E-state index is 8.78. The molecule has 0 aromatic heterocycles. The van der Waals surface area contributed by atoms with Crippen LogP contribution in [0.25, 0.3) is 0 Å². The summed E-state index contributed by atoms with van der Waals surface area (Å²) in [5.41, 5.74) is 0. The van der Waals surface area contributed by atoms with E-state index in [0.29, 0.717) is 0 Å². The number of hydrogen-bond acceptors (Lipinski definition) is 2. The van der Waals surface area contributed by atoms with Crippen molar-refractivity contribution in [2.24, 2.45) is 0 Å². The van der Waals surface area contributed by atoms with Crippen molar-refractivity contribution in [3.63, 3.8) is 0 Å². The van der Waals surface area contributed by atoms with Crippen molar-refractivity contribution in [1.82, 2.24) is 5.32 Å². The van der Waals surface area contributed by atoms with Gasteiger partial charge in [-0.3, -0.25) is 0 Å². The van der Waals surface area contributed by atoms with Crippen LogP contribution in [0.15, 0.2) is 0 Å². The van der Waals surface area contributed by atoms with Gasteiger partial charge < -0.3 is 10.4 Å². The lowest BCUT2D eigenvalue weighted by atomic mass is 10.2. The molecular weight excluding hydrogens is 138 g/mol. The first-order chi connectivity index (χ1) is 5.35. The summed E-state index contributed by atoms with van der Waals surface area (Å²) in [7, 11) is 0. The van der Waals surface area contributed by atoms with Gasteiger partial charge in [0.2, 0.25) is 0 Å². The molecule has 0 radical (unpaired) electrons. The zero-order chi connectivity index (χ0) is 8.53. The van der Waals surface area contributed by atoms with Crippen LogP contribution in [0, 0.1) is 11.8 Å². The van der Waals surface area contributed by atoms with Gasteiger partial charge in [0, 0.05) is 19.0 Å². The van der Waals surface area contributed by atoms with E-state index in [9.17, 15) is 0 Å². The Bertz CT molecular complexity index is 130. The van der Waals surface area contributed by atoms with E-state index in [2.05, 4.69) is 24.1 Å². The zero-order valence-corrected chi connectivity index (χ0v) is 7.35. The predicted molar refractivity (Wildman–Crippen MR) is 47.2 cm³/mol. The Balaban J connectivity index is 3.25. The van der Waals surface area contributed by atoms with Crippen LogP contribution < -0.4 is 5.32 Å². The second-order valence-corrected chi connectivity index (χ2v) is 2.42. The molecule has 0 spiro atoms. The summed E-state index contributed by atoms with van der Waals surface area (Å²) in [6.45, 7) is 4.98. The van der Waals surface area contributed by atoms with E-state index >= 15 is 0 Å². The van der Waals surface area contributed by atoms with Crippen molar-refractivity contribution < 1.29 is 5.11 Å². The summed E-state index contributed by atoms with van der Waals surface area (Å²) in [5, 5.41) is 12.0. The quantitative estimate of drug-likeness (QED) is 0.454. The molecule has 0 fully saturated rings. The first kappa shape index (κ1) is 10.5. The Morgan fingerprint density at radius 2 is 2.27 bits per heavy atom. The van der Waals surface area contributed by atoms with Crippen molar-refractivity contribution in [3.05, 3.63) is 0 Å². The molecule has 0 rings (SSSR count). The molecule has 1 unspecified atom stereocenters. The molecule has 0 aliphatic carbocycles. The van der Waals surface area contributed by atoms with Crippen LogP contribution in [-0.2, 0) is 0 Å². The van der Waals surface area contributed by atoms with Crippen LogP contribution in [-0.4, -0.2) is 24.3 Å². The molecule has 0 aromatic carbocycles. The minimum absolute atomic E-state index is 0.218. The minimum atomic E-state index is 0.218. The number of rotatable bonds is 5. The first-order valence-electron chi connectivity index (χ1n) is 4.09. The van der Waals surface area contributed by atoms with Gasteiger partial charge in [0.05, 0.1) is 6.61 Å². The molecule has 0 saturated heterocycles. The average Bonchev–Trinajstić information content (AvgIpc) is 2.05. The van der Waals surface area contributed by atoms with Crippen molar-refractivity contribution >= 4 is 0 Å². The third-order valence-electron chi connectivity index (χ3n) is 1.57. The van der Waals surface area contributed by atoms with Gasteiger partial charge in [-0.2, -0.15) is 0 Å². The van der Waals surface area contributed by atoms with E-state index in [0.717, 1.165) is 19.4 Å². The van der Waals surface area contributed by atoms with Gasteiger partial charge in [0.15, 0.2) is 0 Å². The molecule has 1 atom stereocenters. The molecular formula is C9H17NO. The zero-order valence-electron chi connectivity index (χ0n) is 7.35. The highest BCUT2D eigenvalue weighted by atomic mass is 16.3. The highest BCUT2D eigenvalue weighted by Crippen LogP contribution is 1.87. The third-order valence-corrected chi connectivity index (χ3v) is 1.57. The average molecular weight is 155 g/mol. The summed E-state index contributed by atoms with van der Waals surface area (Å²) in [4.78, 5) is 0. The van der Waals surface area contributed by atoms with E-state index in [1.54, 1.807) is 0 Å². The molecule has 0 aliphatic heterocycles. The second kappa shape index (κ2) is 7.59. The van der Waals surface area contributed by atoms with E-state index < -0.39 is 0 Å². The summed E-state index contributed by atoms with van der Waals surface area (Å²) in [5.74, 6) is 5.78. The summed E-state index contributed by atoms with van der Waals surface area (Å²) >= 11 is 0. The molecule has 0 amide bonds. The Labute approximate surface area is 69.0 Å². The third kappa shape index (κ3) is 5.90. The highest BCUT2D eigenvalue weighted by molar-refractivity contribution is 4.95. The standard InChI is InChI=1S/C9H17NO/c1-3-5-6-7-10-9(4-2)8-11/h9-11H,4,6-8H2,1-2H3. The van der Waals surface area contributed by atoms with Gasteiger partial charge in [-0.05, 0) is 13.3 Å². The highest BCUT2D eigenvalue weighted by Gasteiger charge is 2.00. The second-order valence-electron chi connectivity index (χ2n) is 2.42. The van der Waals surface area contributed by atoms with E-state index in [-0.39, 0.29) is 12.6 Å². The van der Waals surface area contributed by atoms with Gasteiger partial charge in [-0.1, -0.05) is 6.92 Å². The number of hydrogen-bond donors (Lipinski definition) is 2. The molecule has 0 heterocycles. The molecule has 0 aliphatic rings. The summed E-state index contributed by atoms with van der Waals surface area (Å²) < 4.78 is 0. The van der Waals surface area contributed by atoms with Gasteiger partial charge in [0.1, 0.15) is 0 Å². The van der Waals surface area contributed by atoms with Crippen molar-refractivity contribution in [2.75, 3.05) is 13.2 Å². The molecule has 0 saturated carbocycles. The fourth-order valence-corrected chi connectivity index (χ4v) is 0.802. The van der Waals surface area contributed by atoms with Crippen molar-refractivity contribution in [3.8, 4) is 11.8 Å². The van der Waals surface area contributed by atoms with Crippen molar-refractivity contribution in [2.45, 2.75) is 32.7 Å². The smallest absolute Gasteiger partial charge is 0.0584 e. The van der Waals surface area contributed by atoms with Gasteiger partial charge in [-0.15, -0.1) is 11.8 Å². The monoisotopic (exact) mass is 155 g/mol. The number of nitrogens with one attached hydrogen (secondary N) is 1. The molecule has 64 valence electrons. The van der Waals surface area contributed by atoms with Crippen LogP contribution >= 0.6 is 0 Å². The van der Waals surface area contributed by atoms with Gasteiger partial charge in [0.25, 0.3) is 0 Å². The van der Waals surface area contributed by atoms with E-state index in [1.165, 1.54) is 0 Å². The Morgan fingerprint density at radius 1 is 1.55 bits per heavy atom. The molecule has 11 heavy (non-hydrogen) atoms. The maximum absolute atomic E-state index is 8.78. The lowest BCUT2D eigenvalue weighted by molar-refractivity contribution is 0.240. The van der Waals surface area contributed by atoms with E-state index in [4.69, 9.17) is 5.11 Å². The maximum Gasteiger partial charge on any atom is 0.0584 e. The van der Waals surface area contributed by atoms with Crippen LogP contribution in [0.4, 0.5) is 0 Å². The molecule has 2 heteroatoms. The first-order valence-corrected chi connectivity index (χ1v) is 4.09. The molecule has 2 nitrogen and oxygen atoms in total. The molecule has 0 aromatic rings. The lowest BCUT2D eigenvalue weighted by Gasteiger charge is -2.11. The largest absolute Gasteiger partial charge is 0.395 e. The number of aliphatic hydroxyl groups excluding tert-OH is 1. The predicted octanol–water partition coefficient (Wildman–Crippen LogP) is 0.760. The SMILES string of the molecule is CC#CCCNC(CC)CO. The van der Waals surface area contributed by atoms with E-state index in [1.807, 2.05) is 6.92 Å². The summed E-state index contributed by atoms with van der Waals surface area (Å²) in [6, 6.07) is 0.244. The Hall–Kier alpha value is -0.520. The van der Waals surface area contributed by atoms with Crippen LogP contribution in [0.2, 0.25) is 0 Å². The minimum Gasteiger partial charge on any atom is -0.395 e. The van der Waals surface area contributed by atoms with Gasteiger partial charge in [-0.25, -0.2) is 0 Å². The number of aliphatic hydroxyl groups is 1. The van der Waals surface area contributed by atoms with Crippen LogP contribution in [0.3, 0.4) is 0 Å². The van der Waals surface area contributed by atoms with Crippen LogP contribution in [0.5, 0.6) is 0 Å². The fourth-order valence-electron chi connectivity index (χ4n) is 0.802.